The minimum Gasteiger partial charge on any atom is -0.325 e. The van der Waals surface area contributed by atoms with Gasteiger partial charge in [0.05, 0.1) is 58.8 Å². The van der Waals surface area contributed by atoms with Gasteiger partial charge in [-0.2, -0.15) is 0 Å². The molecule has 1 unspecified atom stereocenters. The fourth-order valence-corrected chi connectivity index (χ4v) is 12.0. The van der Waals surface area contributed by atoms with E-state index in [2.05, 4.69) is 174 Å². The normalized spacial score (nSPS) is 29.4. The second-order valence-electron chi connectivity index (χ2n) is 19.1. The van der Waals surface area contributed by atoms with Crippen LogP contribution in [0.2, 0.25) is 0 Å². The third-order valence-corrected chi connectivity index (χ3v) is 15.5. The first-order chi connectivity index (χ1) is 27.1. The van der Waals surface area contributed by atoms with Crippen LogP contribution in [-0.2, 0) is 10.8 Å². The highest BCUT2D eigenvalue weighted by molar-refractivity contribution is 5.72. The zero-order chi connectivity index (χ0) is 38.1. The Bertz CT molecular complexity index is 2320. The van der Waals surface area contributed by atoms with Crippen LogP contribution in [-0.4, -0.2) is 62.3 Å². The molecule has 6 aliphatic heterocycles. The molecule has 6 aromatic carbocycles. The number of benzene rings is 6. The average Bonchev–Trinajstić information content (AvgIpc) is 3.24. The van der Waals surface area contributed by atoms with Crippen LogP contribution in [0.4, 0.5) is 0 Å². The van der Waals surface area contributed by atoms with Crippen molar-refractivity contribution in [2.45, 2.75) is 50.4 Å². The highest BCUT2D eigenvalue weighted by Gasteiger charge is 2.55. The van der Waals surface area contributed by atoms with E-state index in [4.69, 9.17) is 0 Å². The van der Waals surface area contributed by atoms with Crippen LogP contribution < -0.4 is 0 Å². The Labute approximate surface area is 335 Å². The maximum atomic E-state index is 2.53. The Hall–Kier alpha value is -4.76. The Morgan fingerprint density at radius 3 is 1.00 bits per heavy atom. The molecule has 4 bridgehead atoms. The number of likely N-dealkylation sites (N-methyl/N-ethyl adjacent to an activating group) is 2. The van der Waals surface area contributed by atoms with Crippen molar-refractivity contribution in [1.29, 1.82) is 0 Å². The second-order valence-corrected chi connectivity index (χ2v) is 19.1. The van der Waals surface area contributed by atoms with Crippen molar-refractivity contribution < 1.29 is 8.97 Å². The molecule has 0 aliphatic carbocycles. The van der Waals surface area contributed by atoms with Gasteiger partial charge in [0.15, 0.2) is 0 Å². The largest absolute Gasteiger partial charge is 0.325 e. The molecule has 6 fully saturated rings. The smallest absolute Gasteiger partial charge is 0.0926 e. The van der Waals surface area contributed by atoms with Crippen LogP contribution in [0.25, 0.3) is 44.5 Å². The maximum Gasteiger partial charge on any atom is 0.0926 e. The molecule has 0 aromatic heterocycles. The third-order valence-electron chi connectivity index (χ3n) is 15.5. The number of hydrogen-bond donors (Lipinski definition) is 0. The summed E-state index contributed by atoms with van der Waals surface area (Å²) in [5.74, 6) is 1.49. The van der Waals surface area contributed by atoms with E-state index in [1.165, 1.54) is 141 Å². The van der Waals surface area contributed by atoms with Crippen LogP contribution >= 0.6 is 0 Å². The van der Waals surface area contributed by atoms with Crippen molar-refractivity contribution in [3.8, 4) is 44.5 Å². The fraction of sp³-hybridized carbons (Fsp3) is 0.333. The minimum absolute atomic E-state index is 0.0264. The first kappa shape index (κ1) is 35.6. The Morgan fingerprint density at radius 2 is 0.661 bits per heavy atom. The van der Waals surface area contributed by atoms with Gasteiger partial charge in [-0.05, 0) is 86.9 Å². The number of nitrogens with zero attached hydrogens (tertiary/aromatic N) is 2. The zero-order valence-corrected chi connectivity index (χ0v) is 34.0. The average molecular weight is 735 g/mol. The van der Waals surface area contributed by atoms with Gasteiger partial charge < -0.3 is 8.97 Å². The number of aryl methyl sites for hydroxylation is 1. The zero-order valence-electron chi connectivity index (χ0n) is 34.0. The Morgan fingerprint density at radius 1 is 0.375 bits per heavy atom. The van der Waals surface area contributed by atoms with E-state index in [1.54, 1.807) is 0 Å². The van der Waals surface area contributed by atoms with Gasteiger partial charge in [0, 0.05) is 31.1 Å². The summed E-state index contributed by atoms with van der Waals surface area (Å²) < 4.78 is 2.41. The van der Waals surface area contributed by atoms with Crippen LogP contribution in [0, 0.1) is 18.8 Å². The monoisotopic (exact) mass is 734 g/mol. The first-order valence-corrected chi connectivity index (χ1v) is 21.4. The molecule has 282 valence electrons. The van der Waals surface area contributed by atoms with Crippen LogP contribution in [0.5, 0.6) is 0 Å². The predicted molar refractivity (Wildman–Crippen MR) is 235 cm³/mol. The number of fused-ring (bicyclic) bond motifs is 6. The van der Waals surface area contributed by atoms with Crippen molar-refractivity contribution in [2.24, 2.45) is 11.8 Å². The summed E-state index contributed by atoms with van der Waals surface area (Å²) in [6.07, 6.45) is 5.33. The lowest BCUT2D eigenvalue weighted by Gasteiger charge is -2.57. The van der Waals surface area contributed by atoms with Crippen molar-refractivity contribution in [2.75, 3.05) is 53.4 Å². The van der Waals surface area contributed by atoms with E-state index >= 15 is 0 Å². The highest BCUT2D eigenvalue weighted by atomic mass is 15.4. The molecule has 0 saturated carbocycles. The number of hydrogen-bond acceptors (Lipinski definition) is 0. The molecule has 0 radical (unpaired) electrons. The van der Waals surface area contributed by atoms with Gasteiger partial charge in [0.25, 0.3) is 0 Å². The quantitative estimate of drug-likeness (QED) is 0.143. The summed E-state index contributed by atoms with van der Waals surface area (Å²) in [6.45, 7) is 12.4. The van der Waals surface area contributed by atoms with E-state index in [-0.39, 0.29) is 5.41 Å². The topological polar surface area (TPSA) is 0 Å². The third kappa shape index (κ3) is 6.08. The molecule has 12 rings (SSSR count). The Kier molecular flexibility index (Phi) is 8.55. The summed E-state index contributed by atoms with van der Waals surface area (Å²) in [4.78, 5) is 0. The molecule has 2 nitrogen and oxygen atoms in total. The Balaban J connectivity index is 0.894. The summed E-state index contributed by atoms with van der Waals surface area (Å²) in [7, 11) is 4.97. The summed E-state index contributed by atoms with van der Waals surface area (Å²) >= 11 is 0. The van der Waals surface area contributed by atoms with Gasteiger partial charge in [0.1, 0.15) is 0 Å². The SMILES string of the molecule is Cc1ccc(-c2ccc(-c3ccc(C4(c5ccc(-c6ccc(-c7ccc([C@@]8(C)C[N+]9(C)CCC8CC9)cc7)cc6)cc5)C[N+]5(C)CCC4CC5)cc3)cc2)cc1. The molecule has 0 spiro atoms. The minimum atomic E-state index is 0.0264. The van der Waals surface area contributed by atoms with Gasteiger partial charge in [-0.3, -0.25) is 0 Å². The molecular weight excluding hydrogens is 677 g/mol. The lowest BCUT2D eigenvalue weighted by atomic mass is 9.58. The molecule has 6 aliphatic rings. The van der Waals surface area contributed by atoms with Gasteiger partial charge >= 0.3 is 0 Å². The molecule has 2 heteroatoms. The molecule has 2 atom stereocenters. The molecular formula is C54H58N2+2. The lowest BCUT2D eigenvalue weighted by molar-refractivity contribution is -0.930. The van der Waals surface area contributed by atoms with E-state index in [1.807, 2.05) is 0 Å². The van der Waals surface area contributed by atoms with Crippen molar-refractivity contribution >= 4 is 0 Å². The summed E-state index contributed by atoms with van der Waals surface area (Å²) in [5, 5.41) is 0. The van der Waals surface area contributed by atoms with Gasteiger partial charge in [0.2, 0.25) is 0 Å². The molecule has 0 N–H and O–H groups in total. The molecule has 6 saturated heterocycles. The van der Waals surface area contributed by atoms with E-state index < -0.39 is 0 Å². The number of quaternary nitrogens is 2. The maximum absolute atomic E-state index is 2.53. The van der Waals surface area contributed by atoms with Crippen LogP contribution in [0.1, 0.15) is 54.9 Å². The first-order valence-electron chi connectivity index (χ1n) is 21.4. The fourth-order valence-electron chi connectivity index (χ4n) is 12.0. The summed E-state index contributed by atoms with van der Waals surface area (Å²) in [6, 6.07) is 56.1. The van der Waals surface area contributed by atoms with Crippen LogP contribution in [0.3, 0.4) is 0 Å². The molecule has 6 heterocycles. The number of piperidine rings is 6. The summed E-state index contributed by atoms with van der Waals surface area (Å²) in [5.41, 5.74) is 16.4. The van der Waals surface area contributed by atoms with Crippen molar-refractivity contribution in [3.05, 3.63) is 168 Å². The van der Waals surface area contributed by atoms with Crippen molar-refractivity contribution in [3.63, 3.8) is 0 Å². The van der Waals surface area contributed by atoms with Crippen LogP contribution in [0.15, 0.2) is 146 Å². The van der Waals surface area contributed by atoms with E-state index in [9.17, 15) is 0 Å². The van der Waals surface area contributed by atoms with Gasteiger partial charge in [-0.15, -0.1) is 0 Å². The highest BCUT2D eigenvalue weighted by Crippen LogP contribution is 2.52. The predicted octanol–water partition coefficient (Wildman–Crippen LogP) is 11.9. The standard InChI is InChI=1S/C54H58N2/c1-39-5-7-40(8-6-39)41-9-11-43(12-10-41)46-19-25-50(26-20-46)54(38-56(4)35-31-52(54)32-36-56)51-27-21-47(22-28-51)44-15-13-42(14-16-44)45-17-23-48(24-18-45)53(2)37-55(3)33-29-49(53)30-34-55/h5-28,49,52H,29-38H2,1-4H3/q+2/t49?,52?,53-,54?,55?,56?/m1/s1. The van der Waals surface area contributed by atoms with Gasteiger partial charge in [-0.25, -0.2) is 0 Å². The van der Waals surface area contributed by atoms with Gasteiger partial charge in [-0.1, -0.05) is 151 Å². The van der Waals surface area contributed by atoms with E-state index in [0.29, 0.717) is 11.3 Å². The van der Waals surface area contributed by atoms with E-state index in [0.717, 1.165) is 5.92 Å². The van der Waals surface area contributed by atoms with Crippen molar-refractivity contribution in [1.82, 2.24) is 0 Å². The molecule has 0 amide bonds. The lowest BCUT2D eigenvalue weighted by Crippen LogP contribution is -2.66. The molecule has 56 heavy (non-hydrogen) atoms. The number of rotatable bonds is 7. The second kappa shape index (κ2) is 13.4. The molecule has 6 aromatic rings.